The van der Waals surface area contributed by atoms with Crippen molar-refractivity contribution in [3.63, 3.8) is 0 Å². The first-order chi connectivity index (χ1) is 13.7. The second kappa shape index (κ2) is 9.45. The van der Waals surface area contributed by atoms with Crippen molar-refractivity contribution in [3.8, 4) is 5.75 Å². The number of benzene rings is 1. The van der Waals surface area contributed by atoms with Gasteiger partial charge in [0.15, 0.2) is 0 Å². The molecule has 0 aliphatic carbocycles. The van der Waals surface area contributed by atoms with Crippen LogP contribution >= 0.6 is 0 Å². The summed E-state index contributed by atoms with van der Waals surface area (Å²) in [6, 6.07) is 7.16. The number of likely N-dealkylation sites (tertiary alicyclic amines) is 1. The summed E-state index contributed by atoms with van der Waals surface area (Å²) >= 11 is 0. The number of nitrogens with zero attached hydrogens (tertiary/aromatic N) is 2. The van der Waals surface area contributed by atoms with Gasteiger partial charge in [0.1, 0.15) is 11.4 Å². The van der Waals surface area contributed by atoms with E-state index in [1.165, 1.54) is 6.20 Å². The molecule has 0 radical (unpaired) electrons. The summed E-state index contributed by atoms with van der Waals surface area (Å²) in [6.45, 7) is 5.73. The fourth-order valence-corrected chi connectivity index (χ4v) is 3.25. The van der Waals surface area contributed by atoms with E-state index in [1.807, 2.05) is 24.3 Å². The van der Waals surface area contributed by atoms with Gasteiger partial charge in [0, 0.05) is 44.4 Å². The van der Waals surface area contributed by atoms with Crippen molar-refractivity contribution < 1.29 is 19.1 Å². The van der Waals surface area contributed by atoms with E-state index in [2.05, 4.69) is 10.3 Å². The van der Waals surface area contributed by atoms with Gasteiger partial charge in [-0.2, -0.15) is 0 Å². The molecule has 1 aliphatic rings. The van der Waals surface area contributed by atoms with E-state index in [0.29, 0.717) is 12.2 Å². The van der Waals surface area contributed by atoms with Crippen LogP contribution in [0.2, 0.25) is 0 Å². The first kappa shape index (κ1) is 22.3. The zero-order chi connectivity index (χ0) is 21.6. The summed E-state index contributed by atoms with van der Waals surface area (Å²) in [4.78, 5) is 30.7. The molecule has 158 valence electrons. The van der Waals surface area contributed by atoms with Crippen LogP contribution in [0.25, 0.3) is 0 Å². The van der Waals surface area contributed by atoms with Gasteiger partial charge in [-0.15, -0.1) is 0 Å². The van der Waals surface area contributed by atoms with Crippen LogP contribution in [0.15, 0.2) is 41.2 Å². The zero-order valence-corrected chi connectivity index (χ0v) is 17.6. The second-order valence-corrected chi connectivity index (χ2v) is 7.82. The maximum absolute atomic E-state index is 12.8. The van der Waals surface area contributed by atoms with E-state index in [-0.39, 0.29) is 18.2 Å². The van der Waals surface area contributed by atoms with E-state index in [9.17, 15) is 9.59 Å². The van der Waals surface area contributed by atoms with Gasteiger partial charge in [0.25, 0.3) is 0 Å². The SMILES string of the molecule is CN=C/C(=C\N)N1CC(c2ccc(OC)cc2)[C@H](NC(=O)OC(C)(C)C)CC1=O. The molecule has 0 aromatic heterocycles. The van der Waals surface area contributed by atoms with Gasteiger partial charge in [-0.25, -0.2) is 4.79 Å². The van der Waals surface area contributed by atoms with Crippen molar-refractivity contribution in [1.29, 1.82) is 0 Å². The number of carbonyl (C=O) groups is 2. The number of hydrogen-bond acceptors (Lipinski definition) is 6. The van der Waals surface area contributed by atoms with Crippen LogP contribution in [0.5, 0.6) is 5.75 Å². The zero-order valence-electron chi connectivity index (χ0n) is 17.6. The van der Waals surface area contributed by atoms with Gasteiger partial charge < -0.3 is 25.4 Å². The molecule has 0 spiro atoms. The smallest absolute Gasteiger partial charge is 0.407 e. The van der Waals surface area contributed by atoms with Crippen molar-refractivity contribution >= 4 is 18.2 Å². The van der Waals surface area contributed by atoms with Crippen LogP contribution < -0.4 is 15.8 Å². The molecule has 2 atom stereocenters. The molecule has 8 nitrogen and oxygen atoms in total. The van der Waals surface area contributed by atoms with Gasteiger partial charge in [-0.05, 0) is 38.5 Å². The average molecular weight is 402 g/mol. The monoisotopic (exact) mass is 402 g/mol. The highest BCUT2D eigenvalue weighted by Crippen LogP contribution is 2.31. The van der Waals surface area contributed by atoms with Crippen LogP contribution in [0.4, 0.5) is 4.79 Å². The van der Waals surface area contributed by atoms with Crippen LogP contribution in [-0.4, -0.2) is 55.5 Å². The number of methoxy groups -OCH3 is 1. The number of amides is 2. The van der Waals surface area contributed by atoms with Crippen molar-refractivity contribution in [2.45, 2.75) is 44.8 Å². The van der Waals surface area contributed by atoms with E-state index in [4.69, 9.17) is 15.2 Å². The molecule has 1 unspecified atom stereocenters. The third-order valence-electron chi connectivity index (χ3n) is 4.55. The maximum Gasteiger partial charge on any atom is 0.407 e. The highest BCUT2D eigenvalue weighted by molar-refractivity contribution is 5.89. The minimum absolute atomic E-state index is 0.116. The number of piperidine rings is 1. The van der Waals surface area contributed by atoms with Gasteiger partial charge in [-0.1, -0.05) is 12.1 Å². The van der Waals surface area contributed by atoms with Crippen molar-refractivity contribution in [1.82, 2.24) is 10.2 Å². The molecule has 1 aliphatic heterocycles. The van der Waals surface area contributed by atoms with Gasteiger partial charge >= 0.3 is 6.09 Å². The number of hydrogen-bond donors (Lipinski definition) is 2. The third-order valence-corrected chi connectivity index (χ3v) is 4.55. The Morgan fingerprint density at radius 1 is 1.31 bits per heavy atom. The number of allylic oxidation sites excluding steroid dienone is 1. The van der Waals surface area contributed by atoms with Crippen molar-refractivity contribution in [2.24, 2.45) is 10.7 Å². The lowest BCUT2D eigenvalue weighted by atomic mass is 9.85. The minimum Gasteiger partial charge on any atom is -0.497 e. The number of rotatable bonds is 5. The minimum atomic E-state index is -0.628. The van der Waals surface area contributed by atoms with E-state index < -0.39 is 17.7 Å². The summed E-state index contributed by atoms with van der Waals surface area (Å²) in [6.07, 6.45) is 2.47. The molecular formula is C21H30N4O4. The van der Waals surface area contributed by atoms with Crippen LogP contribution in [-0.2, 0) is 9.53 Å². The molecule has 1 fully saturated rings. The number of alkyl carbamates (subject to hydrolysis) is 1. The Morgan fingerprint density at radius 2 is 1.97 bits per heavy atom. The third kappa shape index (κ3) is 5.97. The summed E-state index contributed by atoms with van der Waals surface area (Å²) in [5.41, 5.74) is 6.56. The molecule has 1 heterocycles. The summed E-state index contributed by atoms with van der Waals surface area (Å²) in [7, 11) is 3.22. The van der Waals surface area contributed by atoms with Gasteiger partial charge in [0.2, 0.25) is 5.91 Å². The lowest BCUT2D eigenvalue weighted by Gasteiger charge is -2.39. The highest BCUT2D eigenvalue weighted by atomic mass is 16.6. The Balaban J connectivity index is 2.32. The number of nitrogens with two attached hydrogens (primary N) is 1. The lowest BCUT2D eigenvalue weighted by molar-refractivity contribution is -0.132. The molecule has 29 heavy (non-hydrogen) atoms. The van der Waals surface area contributed by atoms with Crippen molar-refractivity contribution in [2.75, 3.05) is 20.7 Å². The van der Waals surface area contributed by atoms with E-state index in [1.54, 1.807) is 46.0 Å². The molecule has 3 N–H and O–H groups in total. The average Bonchev–Trinajstić information content (AvgIpc) is 2.65. The topological polar surface area (TPSA) is 106 Å². The summed E-state index contributed by atoms with van der Waals surface area (Å²) < 4.78 is 10.6. The first-order valence-electron chi connectivity index (χ1n) is 9.46. The molecule has 1 aromatic rings. The number of nitrogens with one attached hydrogen (secondary N) is 1. The fraction of sp³-hybridized carbons (Fsp3) is 0.476. The Kier molecular flexibility index (Phi) is 7.25. The number of carbonyl (C=O) groups excluding carboxylic acids is 2. The van der Waals surface area contributed by atoms with Gasteiger partial charge in [0.05, 0.1) is 12.8 Å². The normalized spacial score (nSPS) is 20.7. The Labute approximate surface area is 171 Å². The fourth-order valence-electron chi connectivity index (χ4n) is 3.25. The standard InChI is InChI=1S/C21H30N4O4/c1-21(2,3)29-20(27)24-18-10-19(26)25(15(11-22)12-23-4)13-17(18)14-6-8-16(28-5)9-7-14/h6-9,11-12,17-18H,10,13,22H2,1-5H3,(H,24,27)/b15-11+,23-12?/t17?,18-/m1/s1. The van der Waals surface area contributed by atoms with E-state index in [0.717, 1.165) is 11.3 Å². The summed E-state index contributed by atoms with van der Waals surface area (Å²) in [5, 5.41) is 2.87. The predicted octanol–water partition coefficient (Wildman–Crippen LogP) is 2.41. The Bertz CT molecular complexity index is 781. The first-order valence-corrected chi connectivity index (χ1v) is 9.46. The highest BCUT2D eigenvalue weighted by Gasteiger charge is 2.37. The van der Waals surface area contributed by atoms with Crippen LogP contribution in [0.3, 0.4) is 0 Å². The largest absolute Gasteiger partial charge is 0.497 e. The molecule has 1 aromatic carbocycles. The number of ether oxygens (including phenoxy) is 2. The number of aliphatic imine (C=N–C) groups is 1. The molecular weight excluding hydrogens is 372 g/mol. The molecule has 1 saturated heterocycles. The Hall–Kier alpha value is -3.03. The Morgan fingerprint density at radius 3 is 2.48 bits per heavy atom. The summed E-state index contributed by atoms with van der Waals surface area (Å²) in [5.74, 6) is 0.425. The van der Waals surface area contributed by atoms with Crippen molar-refractivity contribution in [3.05, 3.63) is 41.7 Å². The molecule has 2 amide bonds. The molecule has 0 bridgehead atoms. The van der Waals surface area contributed by atoms with Gasteiger partial charge in [-0.3, -0.25) is 9.79 Å². The molecule has 8 heteroatoms. The van der Waals surface area contributed by atoms with Crippen LogP contribution in [0.1, 0.15) is 38.7 Å². The molecule has 0 saturated carbocycles. The second-order valence-electron chi connectivity index (χ2n) is 7.82. The predicted molar refractivity (Wildman–Crippen MR) is 112 cm³/mol. The molecule has 2 rings (SSSR count). The van der Waals surface area contributed by atoms with E-state index >= 15 is 0 Å². The maximum atomic E-state index is 12.8. The van der Waals surface area contributed by atoms with Crippen LogP contribution in [0, 0.1) is 0 Å². The lowest BCUT2D eigenvalue weighted by Crippen LogP contribution is -2.52. The quantitative estimate of drug-likeness (QED) is 0.736.